The Bertz CT molecular complexity index is 490. The summed E-state index contributed by atoms with van der Waals surface area (Å²) in [6.07, 6.45) is 9.59. The SMILES string of the molecule is CC(C)(C)[PH+](CC1=CC=CC(C[PH+](C(C)(C)C)C(C)(C)C)N1)C(C)(C)C. The minimum absolute atomic E-state index is 0.411. The van der Waals surface area contributed by atoms with Crippen LogP contribution in [-0.4, -0.2) is 39.0 Å². The van der Waals surface area contributed by atoms with Gasteiger partial charge in [-0.05, 0) is 89.2 Å². The molecule has 0 aromatic carbocycles. The van der Waals surface area contributed by atoms with Crippen molar-refractivity contribution in [1.29, 1.82) is 0 Å². The lowest BCUT2D eigenvalue weighted by atomic mass is 10.2. The van der Waals surface area contributed by atoms with Gasteiger partial charge in [0.05, 0.1) is 39.0 Å². The predicted octanol–water partition coefficient (Wildman–Crippen LogP) is 7.02. The summed E-state index contributed by atoms with van der Waals surface area (Å²) in [5.41, 5.74) is 1.47. The van der Waals surface area contributed by atoms with Gasteiger partial charge in [-0.1, -0.05) is 12.2 Å². The van der Waals surface area contributed by atoms with E-state index < -0.39 is 15.8 Å². The molecule has 1 heterocycles. The molecule has 1 atom stereocenters. The van der Waals surface area contributed by atoms with Crippen molar-refractivity contribution in [3.63, 3.8) is 0 Å². The zero-order valence-corrected chi connectivity index (χ0v) is 21.7. The molecular formula is C23H47NP2+2. The Morgan fingerprint density at radius 1 is 0.731 bits per heavy atom. The number of hydrogen-bond acceptors (Lipinski definition) is 1. The van der Waals surface area contributed by atoms with E-state index >= 15 is 0 Å². The van der Waals surface area contributed by atoms with Gasteiger partial charge in [-0.2, -0.15) is 0 Å². The van der Waals surface area contributed by atoms with Crippen LogP contribution >= 0.6 is 15.8 Å². The zero-order valence-electron chi connectivity index (χ0n) is 19.7. The fourth-order valence-corrected chi connectivity index (χ4v) is 12.7. The summed E-state index contributed by atoms with van der Waals surface area (Å²) >= 11 is 0. The van der Waals surface area contributed by atoms with E-state index in [0.717, 1.165) is 0 Å². The second-order valence-electron chi connectivity index (χ2n) is 12.2. The lowest BCUT2D eigenvalue weighted by molar-refractivity contribution is 0.664. The molecular weight excluding hydrogens is 352 g/mol. The maximum atomic E-state index is 3.93. The average Bonchev–Trinajstić information content (AvgIpc) is 2.37. The van der Waals surface area contributed by atoms with Crippen LogP contribution in [0.2, 0.25) is 0 Å². The van der Waals surface area contributed by atoms with E-state index in [2.05, 4.69) is 107 Å². The van der Waals surface area contributed by atoms with Crippen LogP contribution in [0.3, 0.4) is 0 Å². The first-order chi connectivity index (χ1) is 11.4. The minimum atomic E-state index is -0.538. The van der Waals surface area contributed by atoms with Gasteiger partial charge < -0.3 is 5.32 Å². The molecule has 1 rings (SSSR count). The molecule has 1 aliphatic heterocycles. The van der Waals surface area contributed by atoms with Crippen LogP contribution in [0.25, 0.3) is 0 Å². The van der Waals surface area contributed by atoms with Crippen LogP contribution in [0, 0.1) is 0 Å². The van der Waals surface area contributed by atoms with Crippen molar-refractivity contribution in [2.24, 2.45) is 0 Å². The Morgan fingerprint density at radius 2 is 1.15 bits per heavy atom. The largest absolute Gasteiger partial charge is 0.376 e. The standard InChI is InChI=1S/C23H45NP2/c1-20(2,3)25(21(4,5)6)16-18-14-13-15-19(24-18)17-26(22(7,8)9)23(10,11)12/h13-15,18,24H,16-17H2,1-12H3/p+2. The van der Waals surface area contributed by atoms with Crippen LogP contribution < -0.4 is 5.32 Å². The summed E-state index contributed by atoms with van der Waals surface area (Å²) in [6.45, 7) is 29.2. The van der Waals surface area contributed by atoms with E-state index in [-0.39, 0.29) is 0 Å². The first-order valence-electron chi connectivity index (χ1n) is 10.3. The number of rotatable bonds is 4. The van der Waals surface area contributed by atoms with Gasteiger partial charge in [0.15, 0.2) is 0 Å². The van der Waals surface area contributed by atoms with E-state index in [9.17, 15) is 0 Å². The molecule has 26 heavy (non-hydrogen) atoms. The Hall–Kier alpha value is 0.140. The number of hydrogen-bond donors (Lipinski definition) is 1. The van der Waals surface area contributed by atoms with E-state index in [4.69, 9.17) is 0 Å². The monoisotopic (exact) mass is 399 g/mol. The Labute approximate surface area is 167 Å². The Balaban J connectivity index is 2.90. The molecule has 0 aromatic heterocycles. The highest BCUT2D eigenvalue weighted by molar-refractivity contribution is 7.61. The molecule has 0 aromatic rings. The lowest BCUT2D eigenvalue weighted by Gasteiger charge is -2.37. The van der Waals surface area contributed by atoms with E-state index in [1.54, 1.807) is 0 Å². The molecule has 0 radical (unpaired) electrons. The van der Waals surface area contributed by atoms with Crippen molar-refractivity contribution in [1.82, 2.24) is 5.32 Å². The van der Waals surface area contributed by atoms with Gasteiger partial charge >= 0.3 is 0 Å². The molecule has 3 heteroatoms. The highest BCUT2D eigenvalue weighted by Gasteiger charge is 2.45. The summed E-state index contributed by atoms with van der Waals surface area (Å²) < 4.78 is 0. The third kappa shape index (κ3) is 7.28. The van der Waals surface area contributed by atoms with Gasteiger partial charge in [0.25, 0.3) is 0 Å². The predicted molar refractivity (Wildman–Crippen MR) is 130 cm³/mol. The van der Waals surface area contributed by atoms with Crippen LogP contribution in [0.5, 0.6) is 0 Å². The first-order valence-corrected chi connectivity index (χ1v) is 13.7. The maximum Gasteiger partial charge on any atom is 0.0975 e. The van der Waals surface area contributed by atoms with Crippen LogP contribution in [0.1, 0.15) is 83.1 Å². The Morgan fingerprint density at radius 3 is 1.54 bits per heavy atom. The second-order valence-corrected chi connectivity index (χ2v) is 20.8. The molecule has 0 saturated heterocycles. The van der Waals surface area contributed by atoms with Gasteiger partial charge in [0.1, 0.15) is 0 Å². The van der Waals surface area contributed by atoms with Crippen molar-refractivity contribution in [2.75, 3.05) is 12.3 Å². The molecule has 1 nitrogen and oxygen atoms in total. The molecule has 1 unspecified atom stereocenters. The normalized spacial score (nSPS) is 19.8. The van der Waals surface area contributed by atoms with E-state index in [0.29, 0.717) is 26.7 Å². The summed E-state index contributed by atoms with van der Waals surface area (Å²) in [7, 11) is -1.05. The van der Waals surface area contributed by atoms with Crippen LogP contribution in [0.15, 0.2) is 23.9 Å². The van der Waals surface area contributed by atoms with Crippen molar-refractivity contribution in [3.8, 4) is 0 Å². The van der Waals surface area contributed by atoms with Gasteiger partial charge in [-0.15, -0.1) is 0 Å². The highest BCUT2D eigenvalue weighted by atomic mass is 31.1. The summed E-state index contributed by atoms with van der Waals surface area (Å²) in [6, 6.07) is 0.505. The smallest absolute Gasteiger partial charge is 0.0975 e. The molecule has 0 bridgehead atoms. The van der Waals surface area contributed by atoms with Gasteiger partial charge in [0.2, 0.25) is 0 Å². The third-order valence-electron chi connectivity index (χ3n) is 5.42. The molecule has 1 N–H and O–H groups in total. The van der Waals surface area contributed by atoms with Crippen LogP contribution in [-0.2, 0) is 0 Å². The lowest BCUT2D eigenvalue weighted by Crippen LogP contribution is -2.38. The number of allylic oxidation sites excluding steroid dienone is 3. The van der Waals surface area contributed by atoms with E-state index in [1.165, 1.54) is 18.0 Å². The molecule has 152 valence electrons. The first kappa shape index (κ1) is 24.2. The van der Waals surface area contributed by atoms with Crippen molar-refractivity contribution in [3.05, 3.63) is 23.9 Å². The summed E-state index contributed by atoms with van der Waals surface area (Å²) in [5, 5.41) is 5.59. The molecule has 0 aliphatic carbocycles. The Kier molecular flexibility index (Phi) is 7.67. The van der Waals surface area contributed by atoms with Gasteiger partial charge in [-0.25, -0.2) is 0 Å². The van der Waals surface area contributed by atoms with Crippen LogP contribution in [0.4, 0.5) is 0 Å². The quantitative estimate of drug-likeness (QED) is 0.501. The molecule has 1 aliphatic rings. The molecule has 0 fully saturated rings. The highest BCUT2D eigenvalue weighted by Crippen LogP contribution is 2.61. The van der Waals surface area contributed by atoms with Crippen molar-refractivity contribution >= 4 is 15.8 Å². The van der Waals surface area contributed by atoms with Crippen molar-refractivity contribution < 1.29 is 0 Å². The topological polar surface area (TPSA) is 12.0 Å². The van der Waals surface area contributed by atoms with Gasteiger partial charge in [0, 0.05) is 21.5 Å². The number of nitrogens with one attached hydrogen (secondary N) is 1. The summed E-state index contributed by atoms with van der Waals surface area (Å²) in [4.78, 5) is 0. The summed E-state index contributed by atoms with van der Waals surface area (Å²) in [5.74, 6) is 0. The van der Waals surface area contributed by atoms with Gasteiger partial charge in [-0.3, -0.25) is 0 Å². The van der Waals surface area contributed by atoms with Crippen molar-refractivity contribution in [2.45, 2.75) is 110 Å². The third-order valence-corrected chi connectivity index (χ3v) is 14.2. The fourth-order valence-electron chi connectivity index (χ4n) is 4.67. The maximum absolute atomic E-state index is 3.93. The average molecular weight is 400 g/mol. The van der Waals surface area contributed by atoms with E-state index in [1.807, 2.05) is 0 Å². The minimum Gasteiger partial charge on any atom is -0.376 e. The number of dihydropyridines is 1. The fraction of sp³-hybridized carbons (Fsp3) is 0.826. The second kappa shape index (κ2) is 8.25. The molecule has 0 spiro atoms. The molecule has 0 amide bonds. The molecule has 0 saturated carbocycles. The zero-order chi connectivity index (χ0) is 20.6.